The molecule has 1 aromatic rings. The number of allylic oxidation sites excluding steroid dienone is 1. The second-order valence-electron chi connectivity index (χ2n) is 5.87. The van der Waals surface area contributed by atoms with Gasteiger partial charge >= 0.3 is 5.97 Å². The van der Waals surface area contributed by atoms with Crippen molar-refractivity contribution in [3.05, 3.63) is 42.0 Å². The summed E-state index contributed by atoms with van der Waals surface area (Å²) in [5.74, 6) is -0.905. The van der Waals surface area contributed by atoms with Gasteiger partial charge in [-0.05, 0) is 45.2 Å². The summed E-state index contributed by atoms with van der Waals surface area (Å²) in [5.41, 5.74) is 1.77. The molecule has 6 heteroatoms. The molecular weight excluding hydrogens is 328 g/mol. The predicted octanol–water partition coefficient (Wildman–Crippen LogP) is 3.48. The maximum Gasteiger partial charge on any atom is 0.309 e. The lowest BCUT2D eigenvalue weighted by Gasteiger charge is -2.22. The molecule has 0 aliphatic carbocycles. The highest BCUT2D eigenvalue weighted by atomic mass is 32.2. The van der Waals surface area contributed by atoms with Crippen molar-refractivity contribution in [2.45, 2.75) is 39.0 Å². The van der Waals surface area contributed by atoms with E-state index in [0.717, 1.165) is 11.1 Å². The van der Waals surface area contributed by atoms with Crippen LogP contribution in [0.3, 0.4) is 0 Å². The molecule has 0 N–H and O–H groups in total. The van der Waals surface area contributed by atoms with E-state index in [4.69, 9.17) is 8.92 Å². The molecule has 5 nitrogen and oxygen atoms in total. The third-order valence-corrected chi connectivity index (χ3v) is 5.20. The summed E-state index contributed by atoms with van der Waals surface area (Å²) in [6.45, 7) is 11.4. The zero-order valence-electron chi connectivity index (χ0n) is 14.7. The van der Waals surface area contributed by atoms with Crippen molar-refractivity contribution < 1.29 is 22.1 Å². The summed E-state index contributed by atoms with van der Waals surface area (Å²) in [4.78, 5) is 12.0. The Labute approximate surface area is 144 Å². The standard InChI is InChI=1S/C18H26O5S/c1-6-22-18(19)15(5)17(13(2)3)11-12-23-24(20,21)16-9-7-14(4)8-10-16/h7-10,15,17H,2,6,11-12H2,1,3-5H3/t15?,17-/m1/s1. The Morgan fingerprint density at radius 1 is 1.25 bits per heavy atom. The molecule has 1 unspecified atom stereocenters. The Morgan fingerprint density at radius 3 is 2.33 bits per heavy atom. The minimum absolute atomic E-state index is 0.0164. The van der Waals surface area contributed by atoms with Crippen molar-refractivity contribution >= 4 is 16.1 Å². The van der Waals surface area contributed by atoms with Crippen LogP contribution in [0.25, 0.3) is 0 Å². The van der Waals surface area contributed by atoms with Gasteiger partial charge < -0.3 is 4.74 Å². The van der Waals surface area contributed by atoms with E-state index in [1.807, 2.05) is 13.8 Å². The van der Waals surface area contributed by atoms with Crippen LogP contribution in [0.5, 0.6) is 0 Å². The number of carbonyl (C=O) groups excluding carboxylic acids is 1. The van der Waals surface area contributed by atoms with E-state index in [-0.39, 0.29) is 23.4 Å². The van der Waals surface area contributed by atoms with Crippen molar-refractivity contribution in [3.8, 4) is 0 Å². The van der Waals surface area contributed by atoms with Gasteiger partial charge in [-0.15, -0.1) is 0 Å². The number of esters is 1. The largest absolute Gasteiger partial charge is 0.466 e. The van der Waals surface area contributed by atoms with Crippen LogP contribution in [0.15, 0.2) is 41.3 Å². The van der Waals surface area contributed by atoms with E-state index in [2.05, 4.69) is 6.58 Å². The number of benzene rings is 1. The van der Waals surface area contributed by atoms with Crippen molar-refractivity contribution in [1.29, 1.82) is 0 Å². The summed E-state index contributed by atoms with van der Waals surface area (Å²) < 4.78 is 34.5. The quantitative estimate of drug-likeness (QED) is 0.386. The van der Waals surface area contributed by atoms with Gasteiger partial charge in [0.2, 0.25) is 0 Å². The van der Waals surface area contributed by atoms with Gasteiger partial charge in [-0.3, -0.25) is 8.98 Å². The van der Waals surface area contributed by atoms with E-state index in [1.165, 1.54) is 12.1 Å². The maximum atomic E-state index is 12.2. The zero-order valence-corrected chi connectivity index (χ0v) is 15.6. The Bertz CT molecular complexity index is 661. The average Bonchev–Trinajstić information content (AvgIpc) is 2.51. The van der Waals surface area contributed by atoms with Gasteiger partial charge in [0.25, 0.3) is 10.1 Å². The van der Waals surface area contributed by atoms with E-state index in [0.29, 0.717) is 13.0 Å². The highest BCUT2D eigenvalue weighted by molar-refractivity contribution is 7.86. The van der Waals surface area contributed by atoms with Gasteiger partial charge in [-0.2, -0.15) is 8.42 Å². The van der Waals surface area contributed by atoms with Crippen molar-refractivity contribution in [3.63, 3.8) is 0 Å². The number of aryl methyl sites for hydroxylation is 1. The molecule has 0 fully saturated rings. The SMILES string of the molecule is C=C(C)[C@@H](CCOS(=O)(=O)c1ccc(C)cc1)C(C)C(=O)OCC. The number of ether oxygens (including phenoxy) is 1. The molecule has 0 amide bonds. The first-order valence-corrected chi connectivity index (χ1v) is 9.38. The highest BCUT2D eigenvalue weighted by Gasteiger charge is 2.26. The van der Waals surface area contributed by atoms with E-state index in [9.17, 15) is 13.2 Å². The minimum Gasteiger partial charge on any atom is -0.466 e. The van der Waals surface area contributed by atoms with Crippen LogP contribution < -0.4 is 0 Å². The van der Waals surface area contributed by atoms with E-state index >= 15 is 0 Å². The van der Waals surface area contributed by atoms with Crippen molar-refractivity contribution in [2.24, 2.45) is 11.8 Å². The molecule has 0 aromatic heterocycles. The van der Waals surface area contributed by atoms with Crippen LogP contribution in [0, 0.1) is 18.8 Å². The fourth-order valence-electron chi connectivity index (χ4n) is 2.42. The second kappa shape index (κ2) is 8.99. The summed E-state index contributed by atoms with van der Waals surface area (Å²) in [6.07, 6.45) is 0.375. The summed E-state index contributed by atoms with van der Waals surface area (Å²) in [5, 5.41) is 0. The number of hydrogen-bond donors (Lipinski definition) is 0. The van der Waals surface area contributed by atoms with Gasteiger partial charge in [0, 0.05) is 0 Å². The lowest BCUT2D eigenvalue weighted by atomic mass is 9.86. The second-order valence-corrected chi connectivity index (χ2v) is 7.49. The van der Waals surface area contributed by atoms with Crippen LogP contribution >= 0.6 is 0 Å². The van der Waals surface area contributed by atoms with Crippen LogP contribution in [0.2, 0.25) is 0 Å². The molecule has 0 bridgehead atoms. The van der Waals surface area contributed by atoms with Crippen molar-refractivity contribution in [1.82, 2.24) is 0 Å². The fourth-order valence-corrected chi connectivity index (χ4v) is 3.34. The maximum absolute atomic E-state index is 12.2. The summed E-state index contributed by atoms with van der Waals surface area (Å²) in [7, 11) is -3.80. The minimum atomic E-state index is -3.80. The Kier molecular flexibility index (Phi) is 7.63. The monoisotopic (exact) mass is 354 g/mol. The first kappa shape index (κ1) is 20.4. The molecule has 1 rings (SSSR count). The molecule has 134 valence electrons. The first-order valence-electron chi connectivity index (χ1n) is 7.97. The highest BCUT2D eigenvalue weighted by Crippen LogP contribution is 2.25. The molecule has 0 radical (unpaired) electrons. The van der Waals surface area contributed by atoms with Crippen LogP contribution in [-0.2, 0) is 23.8 Å². The molecule has 0 saturated carbocycles. The average molecular weight is 354 g/mol. The number of rotatable bonds is 9. The topological polar surface area (TPSA) is 69.7 Å². The Hall–Kier alpha value is -1.66. The summed E-state index contributed by atoms with van der Waals surface area (Å²) in [6, 6.07) is 6.47. The molecule has 1 aromatic carbocycles. The molecule has 0 saturated heterocycles. The molecule has 0 spiro atoms. The van der Waals surface area contributed by atoms with Crippen LogP contribution in [-0.4, -0.2) is 27.6 Å². The molecule has 0 aliphatic heterocycles. The molecule has 2 atom stereocenters. The van der Waals surface area contributed by atoms with Gasteiger partial charge in [0.05, 0.1) is 24.0 Å². The zero-order chi connectivity index (χ0) is 18.3. The Morgan fingerprint density at radius 2 is 1.83 bits per heavy atom. The van der Waals surface area contributed by atoms with Crippen LogP contribution in [0.4, 0.5) is 0 Å². The van der Waals surface area contributed by atoms with Crippen molar-refractivity contribution in [2.75, 3.05) is 13.2 Å². The van der Waals surface area contributed by atoms with E-state index < -0.39 is 16.0 Å². The lowest BCUT2D eigenvalue weighted by Crippen LogP contribution is -2.25. The number of carbonyl (C=O) groups is 1. The lowest BCUT2D eigenvalue weighted by molar-refractivity contribution is -0.148. The van der Waals surface area contributed by atoms with Crippen LogP contribution in [0.1, 0.15) is 32.8 Å². The van der Waals surface area contributed by atoms with Gasteiger partial charge in [0.15, 0.2) is 0 Å². The van der Waals surface area contributed by atoms with Gasteiger partial charge in [-0.25, -0.2) is 0 Å². The Balaban J connectivity index is 2.69. The molecular formula is C18H26O5S. The molecule has 0 heterocycles. The van der Waals surface area contributed by atoms with Gasteiger partial charge in [0.1, 0.15) is 0 Å². The summed E-state index contributed by atoms with van der Waals surface area (Å²) >= 11 is 0. The third-order valence-electron chi connectivity index (χ3n) is 3.87. The molecule has 24 heavy (non-hydrogen) atoms. The smallest absolute Gasteiger partial charge is 0.309 e. The van der Waals surface area contributed by atoms with Gasteiger partial charge in [-0.1, -0.05) is 36.8 Å². The fraction of sp³-hybridized carbons (Fsp3) is 0.500. The normalized spacial score (nSPS) is 14.0. The molecule has 0 aliphatic rings. The van der Waals surface area contributed by atoms with E-state index in [1.54, 1.807) is 26.0 Å². The first-order chi connectivity index (χ1) is 11.2. The predicted molar refractivity (Wildman–Crippen MR) is 93.0 cm³/mol. The number of hydrogen-bond acceptors (Lipinski definition) is 5. The third kappa shape index (κ3) is 5.76.